The second kappa shape index (κ2) is 14.5. The first-order valence-corrected chi connectivity index (χ1v) is 16.1. The Kier molecular flexibility index (Phi) is 11.2. The number of nitrogens with zero attached hydrogens (tertiary/aromatic N) is 4. The van der Waals surface area contributed by atoms with Gasteiger partial charge in [0.05, 0.1) is 17.6 Å². The Labute approximate surface area is 266 Å². The highest BCUT2D eigenvalue weighted by Crippen LogP contribution is 2.59. The summed E-state index contributed by atoms with van der Waals surface area (Å²) in [5.41, 5.74) is -0.152. The fraction of sp³-hybridized carbons (Fsp3) is 0.548. The molecule has 5 rings (SSSR count). The molecule has 0 spiro atoms. The summed E-state index contributed by atoms with van der Waals surface area (Å²) < 4.78 is 48.4. The number of hydrogen-bond donors (Lipinski definition) is 2. The molecule has 0 radical (unpaired) electrons. The lowest BCUT2D eigenvalue weighted by molar-refractivity contribution is -0.190. The molecule has 13 heteroatoms. The van der Waals surface area contributed by atoms with Gasteiger partial charge < -0.3 is 10.1 Å². The lowest BCUT2D eigenvalue weighted by Gasteiger charge is -2.18. The van der Waals surface area contributed by atoms with Crippen molar-refractivity contribution in [3.63, 3.8) is 0 Å². The minimum atomic E-state index is -4.21. The molecule has 2 fully saturated rings. The number of hydrogen-bond acceptors (Lipinski definition) is 7. The van der Waals surface area contributed by atoms with Crippen LogP contribution in [-0.2, 0) is 0 Å². The molecule has 4 heterocycles. The molecule has 1 saturated carbocycles. The number of carbonyl (C=O) groups is 1. The maximum Gasteiger partial charge on any atom is 0.394 e. The zero-order valence-corrected chi connectivity index (χ0v) is 27.1. The van der Waals surface area contributed by atoms with Crippen molar-refractivity contribution in [2.75, 3.05) is 13.2 Å². The average molecular weight is 653 g/mol. The van der Waals surface area contributed by atoms with Gasteiger partial charge in [0.15, 0.2) is 5.82 Å². The van der Waals surface area contributed by atoms with E-state index in [1.807, 2.05) is 19.1 Å². The van der Waals surface area contributed by atoms with Gasteiger partial charge in [0, 0.05) is 34.6 Å². The van der Waals surface area contributed by atoms with Crippen LogP contribution >= 0.6 is 23.5 Å². The first kappa shape index (κ1) is 34.1. The summed E-state index contributed by atoms with van der Waals surface area (Å²) in [4.78, 5) is 21.5. The van der Waals surface area contributed by atoms with Crippen molar-refractivity contribution in [3.05, 3.63) is 59.1 Å². The van der Waals surface area contributed by atoms with Gasteiger partial charge in [-0.2, -0.15) is 13.2 Å². The van der Waals surface area contributed by atoms with Gasteiger partial charge in [-0.25, -0.2) is 9.67 Å². The molecule has 1 aliphatic carbocycles. The summed E-state index contributed by atoms with van der Waals surface area (Å²) in [6.45, 7) is 9.91. The van der Waals surface area contributed by atoms with E-state index in [4.69, 9.17) is 16.3 Å². The Morgan fingerprint density at radius 1 is 1.23 bits per heavy atom. The van der Waals surface area contributed by atoms with E-state index < -0.39 is 17.5 Å². The quantitative estimate of drug-likeness (QED) is 0.162. The van der Waals surface area contributed by atoms with Crippen LogP contribution in [0.2, 0.25) is 5.15 Å². The van der Waals surface area contributed by atoms with Crippen LogP contribution in [0.1, 0.15) is 81.8 Å². The number of aromatic nitrogens is 4. The molecule has 1 saturated heterocycles. The molecule has 0 aromatic carbocycles. The van der Waals surface area contributed by atoms with Crippen molar-refractivity contribution >= 4 is 29.5 Å². The Hall–Kier alpha value is -2.83. The van der Waals surface area contributed by atoms with Gasteiger partial charge in [-0.05, 0) is 102 Å². The molecule has 3 aromatic heterocycles. The van der Waals surface area contributed by atoms with Gasteiger partial charge in [-0.3, -0.25) is 14.5 Å². The smallest absolute Gasteiger partial charge is 0.394 e. The highest BCUT2D eigenvalue weighted by molar-refractivity contribution is 7.98. The predicted molar refractivity (Wildman–Crippen MR) is 166 cm³/mol. The fourth-order valence-corrected chi connectivity index (χ4v) is 5.87. The number of nitrogens with one attached hydrogen (secondary N) is 2. The summed E-state index contributed by atoms with van der Waals surface area (Å²) >= 11 is 7.30. The number of unbranched alkanes of at least 4 members (excludes halogenated alkanes) is 1. The fourth-order valence-electron chi connectivity index (χ4n) is 5.07. The Morgan fingerprint density at radius 3 is 2.59 bits per heavy atom. The third kappa shape index (κ3) is 9.34. The van der Waals surface area contributed by atoms with Crippen LogP contribution in [0.25, 0.3) is 5.82 Å². The van der Waals surface area contributed by atoms with Crippen LogP contribution in [0, 0.1) is 18.3 Å². The minimum absolute atomic E-state index is 0.0218. The van der Waals surface area contributed by atoms with Crippen molar-refractivity contribution in [1.82, 2.24) is 29.8 Å². The lowest BCUT2D eigenvalue weighted by atomic mass is 9.93. The van der Waals surface area contributed by atoms with Crippen LogP contribution in [0.15, 0.2) is 47.6 Å². The van der Waals surface area contributed by atoms with E-state index >= 15 is 0 Å². The topological polar surface area (TPSA) is 94.0 Å². The van der Waals surface area contributed by atoms with E-state index in [1.165, 1.54) is 49.0 Å². The van der Waals surface area contributed by atoms with Gasteiger partial charge in [-0.1, -0.05) is 31.4 Å². The number of carbonyl (C=O) groups excluding carboxylic acids is 1. The molecule has 0 bridgehead atoms. The van der Waals surface area contributed by atoms with Gasteiger partial charge in [0.25, 0.3) is 5.91 Å². The van der Waals surface area contributed by atoms with Gasteiger partial charge in [-0.15, -0.1) is 5.10 Å². The van der Waals surface area contributed by atoms with Crippen molar-refractivity contribution in [3.8, 4) is 11.7 Å². The molecule has 2 aliphatic rings. The van der Waals surface area contributed by atoms with Gasteiger partial charge in [0.2, 0.25) is 5.88 Å². The molecule has 1 amide bonds. The Bertz CT molecular complexity index is 1400. The third-order valence-electron chi connectivity index (χ3n) is 7.94. The van der Waals surface area contributed by atoms with E-state index in [0.717, 1.165) is 28.5 Å². The van der Waals surface area contributed by atoms with Crippen LogP contribution < -0.4 is 14.8 Å². The molecular formula is C31H40ClF3N6O2S. The molecule has 3 aromatic rings. The highest BCUT2D eigenvalue weighted by Gasteiger charge is 2.62. The number of alkyl halides is 3. The maximum atomic E-state index is 13.0. The average Bonchev–Trinajstić information content (AvgIpc) is 3.49. The number of ether oxygens (including phenoxy) is 1. The molecule has 1 atom stereocenters. The van der Waals surface area contributed by atoms with Crippen LogP contribution in [-0.4, -0.2) is 50.5 Å². The largest absolute Gasteiger partial charge is 0.477 e. The Morgan fingerprint density at radius 2 is 2.00 bits per heavy atom. The molecule has 1 aliphatic heterocycles. The summed E-state index contributed by atoms with van der Waals surface area (Å²) in [6, 6.07) is 8.26. The molecule has 240 valence electrons. The number of pyridine rings is 2. The molecule has 1 unspecified atom stereocenters. The number of amides is 1. The van der Waals surface area contributed by atoms with Crippen LogP contribution in [0.4, 0.5) is 13.2 Å². The first-order valence-electron chi connectivity index (χ1n) is 14.9. The number of halogens is 4. The van der Waals surface area contributed by atoms with Crippen LogP contribution in [0.5, 0.6) is 5.88 Å². The zero-order valence-electron chi connectivity index (χ0n) is 25.5. The summed E-state index contributed by atoms with van der Waals surface area (Å²) in [5.74, 6) is 1.03. The van der Waals surface area contributed by atoms with Crippen molar-refractivity contribution < 1.29 is 22.7 Å². The molecular weight excluding hydrogens is 613 g/mol. The lowest BCUT2D eigenvalue weighted by Crippen LogP contribution is -2.31. The minimum Gasteiger partial charge on any atom is -0.477 e. The first-order chi connectivity index (χ1) is 20.8. The third-order valence-corrected chi connectivity index (χ3v) is 9.00. The SMILES string of the molecule is CCCCC1CNC(C)(C)C1.Cc1ccc(SNC(=O)c2ccc(-n3ccc(OCCC4(C(F)(F)F)CC4)n3)nc2Cl)cn1. The summed E-state index contributed by atoms with van der Waals surface area (Å²) in [6.07, 6.45) is 4.69. The highest BCUT2D eigenvalue weighted by atomic mass is 35.5. The van der Waals surface area contributed by atoms with E-state index in [0.29, 0.717) is 11.4 Å². The summed E-state index contributed by atoms with van der Waals surface area (Å²) in [7, 11) is 0. The second-order valence-electron chi connectivity index (χ2n) is 12.1. The number of rotatable bonds is 11. The second-order valence-corrected chi connectivity index (χ2v) is 13.4. The maximum absolute atomic E-state index is 13.0. The number of aryl methyl sites for hydroxylation is 1. The van der Waals surface area contributed by atoms with E-state index in [2.05, 4.69) is 45.9 Å². The van der Waals surface area contributed by atoms with Crippen molar-refractivity contribution in [1.29, 1.82) is 0 Å². The van der Waals surface area contributed by atoms with Gasteiger partial charge in [0.1, 0.15) is 5.15 Å². The van der Waals surface area contributed by atoms with E-state index in [1.54, 1.807) is 18.5 Å². The van der Waals surface area contributed by atoms with E-state index in [9.17, 15) is 18.0 Å². The van der Waals surface area contributed by atoms with E-state index in [-0.39, 0.29) is 42.5 Å². The normalized spacial score (nSPS) is 18.3. The summed E-state index contributed by atoms with van der Waals surface area (Å²) in [5, 5.41) is 7.69. The van der Waals surface area contributed by atoms with Crippen LogP contribution in [0.3, 0.4) is 0 Å². The van der Waals surface area contributed by atoms with Gasteiger partial charge >= 0.3 is 6.18 Å². The van der Waals surface area contributed by atoms with Crippen molar-refractivity contribution in [2.24, 2.45) is 11.3 Å². The molecule has 8 nitrogen and oxygen atoms in total. The zero-order chi connectivity index (χ0) is 32.0. The standard InChI is InChI=1S/C21H19ClF3N5O2S.C10H21N/c1-13-2-3-14(12-26-13)33-29-19(31)15-4-5-16(27-18(15)22)30-10-6-17(28-30)32-11-9-20(7-8-20)21(23,24)25;1-4-5-6-9-7-10(2,3)11-8-9/h2-6,10,12H,7-9,11H2,1H3,(H,29,31);9,11H,4-8H2,1-3H3. The molecule has 44 heavy (non-hydrogen) atoms. The Balaban J connectivity index is 0.000000339. The predicted octanol–water partition coefficient (Wildman–Crippen LogP) is 7.74. The molecule has 2 N–H and O–H groups in total. The van der Waals surface area contributed by atoms with Crippen molar-refractivity contribution in [2.45, 2.75) is 89.3 Å². The monoisotopic (exact) mass is 652 g/mol.